The number of nitrogens with zero attached hydrogens (tertiary/aromatic N) is 1. The fraction of sp³-hybridized carbons (Fsp3) is 0.700. The minimum atomic E-state index is -0.0969. The van der Waals surface area contributed by atoms with Crippen molar-refractivity contribution >= 4 is 0 Å². The molecule has 0 amide bonds. The number of unbranched alkanes of at least 4 members (excludes halogenated alkanes) is 1. The summed E-state index contributed by atoms with van der Waals surface area (Å²) in [5.74, 6) is 2.18. The Labute approximate surface area is 150 Å². The Morgan fingerprint density at radius 3 is 3.00 bits per heavy atom. The number of ether oxygens (including phenoxy) is 3. The third-order valence-corrected chi connectivity index (χ3v) is 5.62. The first-order valence-electron chi connectivity index (χ1n) is 9.42. The lowest BCUT2D eigenvalue weighted by Gasteiger charge is -2.36. The van der Waals surface area contributed by atoms with Gasteiger partial charge in [0, 0.05) is 37.2 Å². The van der Waals surface area contributed by atoms with Crippen molar-refractivity contribution < 1.29 is 19.3 Å². The van der Waals surface area contributed by atoms with Gasteiger partial charge in [-0.1, -0.05) is 25.5 Å². The fourth-order valence-electron chi connectivity index (χ4n) is 4.12. The normalized spacial score (nSPS) is 26.4. The summed E-state index contributed by atoms with van der Waals surface area (Å²) in [7, 11) is 1.69. The van der Waals surface area contributed by atoms with Crippen molar-refractivity contribution in [3.8, 4) is 11.5 Å². The highest BCUT2D eigenvalue weighted by molar-refractivity contribution is 5.46. The molecule has 0 aromatic heterocycles. The van der Waals surface area contributed by atoms with Crippen molar-refractivity contribution in [2.45, 2.75) is 32.7 Å². The predicted molar refractivity (Wildman–Crippen MR) is 97.1 cm³/mol. The fourth-order valence-corrected chi connectivity index (χ4v) is 4.12. The van der Waals surface area contributed by atoms with Crippen LogP contribution in [0.15, 0.2) is 18.2 Å². The molecule has 3 rings (SSSR count). The average Bonchev–Trinajstić information content (AvgIpc) is 3.01. The number of aliphatic hydroxyl groups excluding tert-OH is 1. The molecular formula is C20H31NO4. The third kappa shape index (κ3) is 3.94. The highest BCUT2D eigenvalue weighted by Gasteiger charge is 2.48. The number of benzene rings is 1. The van der Waals surface area contributed by atoms with E-state index in [2.05, 4.69) is 17.9 Å². The number of hydrogen-bond acceptors (Lipinski definition) is 5. The minimum absolute atomic E-state index is 0.0969. The van der Waals surface area contributed by atoms with E-state index in [1.54, 1.807) is 7.11 Å². The van der Waals surface area contributed by atoms with E-state index in [1.165, 1.54) is 0 Å². The van der Waals surface area contributed by atoms with Gasteiger partial charge < -0.3 is 19.3 Å². The van der Waals surface area contributed by atoms with Crippen LogP contribution < -0.4 is 9.47 Å². The van der Waals surface area contributed by atoms with Gasteiger partial charge in [0.05, 0.1) is 26.9 Å². The molecular weight excluding hydrogens is 318 g/mol. The summed E-state index contributed by atoms with van der Waals surface area (Å²) < 4.78 is 17.2. The number of para-hydroxylation sites is 1. The first-order valence-corrected chi connectivity index (χ1v) is 9.42. The molecule has 1 aromatic rings. The Morgan fingerprint density at radius 2 is 2.28 bits per heavy atom. The van der Waals surface area contributed by atoms with Gasteiger partial charge in [0.15, 0.2) is 11.5 Å². The zero-order valence-electron chi connectivity index (χ0n) is 15.5. The average molecular weight is 349 g/mol. The second-order valence-corrected chi connectivity index (χ2v) is 7.38. The summed E-state index contributed by atoms with van der Waals surface area (Å²) >= 11 is 0. The topological polar surface area (TPSA) is 51.2 Å². The first kappa shape index (κ1) is 18.5. The van der Waals surface area contributed by atoms with Crippen LogP contribution in [0.3, 0.4) is 0 Å². The van der Waals surface area contributed by atoms with Crippen molar-refractivity contribution in [3.63, 3.8) is 0 Å². The molecule has 1 aromatic carbocycles. The van der Waals surface area contributed by atoms with Gasteiger partial charge in [-0.15, -0.1) is 0 Å². The van der Waals surface area contributed by atoms with Crippen molar-refractivity contribution in [2.75, 3.05) is 46.6 Å². The largest absolute Gasteiger partial charge is 0.493 e. The Hall–Kier alpha value is -1.30. The van der Waals surface area contributed by atoms with Gasteiger partial charge in [-0.2, -0.15) is 0 Å². The molecule has 25 heavy (non-hydrogen) atoms. The summed E-state index contributed by atoms with van der Waals surface area (Å²) in [6.45, 7) is 7.25. The van der Waals surface area contributed by atoms with Gasteiger partial charge in [0.1, 0.15) is 0 Å². The van der Waals surface area contributed by atoms with Gasteiger partial charge in [0.2, 0.25) is 0 Å². The van der Waals surface area contributed by atoms with E-state index in [0.717, 1.165) is 62.6 Å². The minimum Gasteiger partial charge on any atom is -0.493 e. The van der Waals surface area contributed by atoms with Crippen LogP contribution in [0.2, 0.25) is 0 Å². The number of methoxy groups -OCH3 is 1. The molecule has 2 atom stereocenters. The third-order valence-electron chi connectivity index (χ3n) is 5.62. The van der Waals surface area contributed by atoms with E-state index in [-0.39, 0.29) is 12.0 Å². The van der Waals surface area contributed by atoms with Crippen molar-refractivity contribution in [3.05, 3.63) is 23.8 Å². The highest BCUT2D eigenvalue weighted by atomic mass is 16.5. The molecule has 1 N–H and O–H groups in total. The maximum absolute atomic E-state index is 9.96. The van der Waals surface area contributed by atoms with Crippen LogP contribution in [0.4, 0.5) is 0 Å². The van der Waals surface area contributed by atoms with Gasteiger partial charge >= 0.3 is 0 Å². The number of aliphatic hydroxyl groups is 1. The summed E-state index contributed by atoms with van der Waals surface area (Å²) in [6.07, 6.45) is 3.18. The molecule has 140 valence electrons. The number of hydrogen-bond donors (Lipinski definition) is 1. The summed E-state index contributed by atoms with van der Waals surface area (Å²) in [4.78, 5) is 2.43. The molecule has 0 bridgehead atoms. The highest BCUT2D eigenvalue weighted by Crippen LogP contribution is 2.42. The molecule has 2 saturated heterocycles. The second-order valence-electron chi connectivity index (χ2n) is 7.38. The van der Waals surface area contributed by atoms with Crippen LogP contribution in [-0.4, -0.2) is 56.6 Å². The lowest BCUT2D eigenvalue weighted by atomic mass is 9.76. The van der Waals surface area contributed by atoms with E-state index in [0.29, 0.717) is 19.1 Å². The Kier molecular flexibility index (Phi) is 6.20. The molecule has 0 spiro atoms. The van der Waals surface area contributed by atoms with Crippen LogP contribution >= 0.6 is 0 Å². The SMILES string of the molecule is CCCCOc1c(CN2C[C@@H]3CCOC[C@]3(CO)C2)cccc1OC. The Morgan fingerprint density at radius 1 is 1.40 bits per heavy atom. The smallest absolute Gasteiger partial charge is 0.165 e. The van der Waals surface area contributed by atoms with E-state index < -0.39 is 0 Å². The monoisotopic (exact) mass is 349 g/mol. The van der Waals surface area contributed by atoms with E-state index in [4.69, 9.17) is 14.2 Å². The van der Waals surface area contributed by atoms with Gasteiger partial charge in [-0.05, 0) is 24.8 Å². The maximum Gasteiger partial charge on any atom is 0.165 e. The number of likely N-dealkylation sites (tertiary alicyclic amines) is 1. The lowest BCUT2D eigenvalue weighted by molar-refractivity contribution is -0.0561. The van der Waals surface area contributed by atoms with Crippen LogP contribution in [0, 0.1) is 11.3 Å². The van der Waals surface area contributed by atoms with Gasteiger partial charge in [-0.3, -0.25) is 4.90 Å². The van der Waals surface area contributed by atoms with Gasteiger partial charge in [-0.25, -0.2) is 0 Å². The van der Waals surface area contributed by atoms with E-state index in [1.807, 2.05) is 12.1 Å². The molecule has 5 nitrogen and oxygen atoms in total. The standard InChI is InChI=1S/C20H31NO4/c1-3-4-9-25-19-16(6-5-7-18(19)23-2)11-21-12-17-8-10-24-15-20(17,13-21)14-22/h5-7,17,22H,3-4,8-15H2,1-2H3/t17-,20+/m0/s1. The molecule has 0 radical (unpaired) electrons. The molecule has 5 heteroatoms. The van der Waals surface area contributed by atoms with Crippen molar-refractivity contribution in [1.82, 2.24) is 4.90 Å². The summed E-state index contributed by atoms with van der Waals surface area (Å²) in [6, 6.07) is 6.10. The molecule has 0 unspecified atom stereocenters. The molecule has 2 heterocycles. The molecule has 2 aliphatic rings. The van der Waals surface area contributed by atoms with Crippen molar-refractivity contribution in [1.29, 1.82) is 0 Å². The zero-order valence-corrected chi connectivity index (χ0v) is 15.5. The summed E-state index contributed by atoms with van der Waals surface area (Å²) in [5.41, 5.74) is 1.06. The summed E-state index contributed by atoms with van der Waals surface area (Å²) in [5, 5.41) is 9.96. The zero-order chi connectivity index (χ0) is 17.7. The lowest BCUT2D eigenvalue weighted by Crippen LogP contribution is -2.42. The Balaban J connectivity index is 1.74. The number of rotatable bonds is 8. The van der Waals surface area contributed by atoms with Crippen LogP contribution in [0.5, 0.6) is 11.5 Å². The Bertz CT molecular complexity index is 565. The van der Waals surface area contributed by atoms with Crippen LogP contribution in [0.25, 0.3) is 0 Å². The van der Waals surface area contributed by atoms with Crippen LogP contribution in [0.1, 0.15) is 31.7 Å². The molecule has 0 aliphatic carbocycles. The second kappa shape index (κ2) is 8.39. The van der Waals surface area contributed by atoms with E-state index >= 15 is 0 Å². The van der Waals surface area contributed by atoms with Crippen LogP contribution in [-0.2, 0) is 11.3 Å². The maximum atomic E-state index is 9.96. The first-order chi connectivity index (χ1) is 12.2. The predicted octanol–water partition coefficient (Wildman–Crippen LogP) is 2.70. The molecule has 2 aliphatic heterocycles. The quantitative estimate of drug-likeness (QED) is 0.732. The van der Waals surface area contributed by atoms with Gasteiger partial charge in [0.25, 0.3) is 0 Å². The van der Waals surface area contributed by atoms with Crippen molar-refractivity contribution in [2.24, 2.45) is 11.3 Å². The number of fused-ring (bicyclic) bond motifs is 1. The molecule has 2 fully saturated rings. The molecule has 0 saturated carbocycles. The van der Waals surface area contributed by atoms with E-state index in [9.17, 15) is 5.11 Å².